The van der Waals surface area contributed by atoms with Gasteiger partial charge < -0.3 is 10.4 Å². The van der Waals surface area contributed by atoms with Crippen LogP contribution in [0.25, 0.3) is 0 Å². The first-order valence-corrected chi connectivity index (χ1v) is 4.35. The van der Waals surface area contributed by atoms with E-state index in [9.17, 15) is 4.79 Å². The molecule has 0 aliphatic carbocycles. The van der Waals surface area contributed by atoms with Crippen molar-refractivity contribution in [2.75, 3.05) is 12.4 Å². The maximum absolute atomic E-state index is 10.5. The quantitative estimate of drug-likeness (QED) is 0.790. The minimum Gasteiger partial charge on any atom is -0.481 e. The molecule has 0 aliphatic heterocycles. The van der Waals surface area contributed by atoms with Gasteiger partial charge in [0.25, 0.3) is 0 Å². The highest BCUT2D eigenvalue weighted by Crippen LogP contribution is 2.22. The monoisotopic (exact) mass is 215 g/mol. The molecule has 5 nitrogen and oxygen atoms in total. The van der Waals surface area contributed by atoms with Gasteiger partial charge in [0.05, 0.1) is 12.1 Å². The number of hydrogen-bond donors (Lipinski definition) is 2. The molecule has 14 heavy (non-hydrogen) atoms. The summed E-state index contributed by atoms with van der Waals surface area (Å²) in [4.78, 5) is 18.5. The number of aliphatic carboxylic acids is 1. The number of hydrogen-bond acceptors (Lipinski definition) is 4. The van der Waals surface area contributed by atoms with Crippen LogP contribution in [0.4, 0.5) is 5.82 Å². The third kappa shape index (κ3) is 2.32. The third-order valence-electron chi connectivity index (χ3n) is 1.59. The topological polar surface area (TPSA) is 75.1 Å². The van der Waals surface area contributed by atoms with Gasteiger partial charge in [-0.25, -0.2) is 9.97 Å². The molecule has 1 aromatic rings. The predicted octanol–water partition coefficient (Wildman–Crippen LogP) is 1.11. The van der Waals surface area contributed by atoms with Crippen LogP contribution >= 0.6 is 11.6 Å². The fraction of sp³-hybridized carbons (Fsp3) is 0.375. The zero-order valence-electron chi connectivity index (χ0n) is 7.83. The van der Waals surface area contributed by atoms with Gasteiger partial charge in [0, 0.05) is 7.05 Å². The molecule has 0 aromatic carbocycles. The molecule has 1 rings (SSSR count). The highest BCUT2D eigenvalue weighted by molar-refractivity contribution is 6.33. The molecule has 6 heteroatoms. The Morgan fingerprint density at radius 3 is 2.71 bits per heavy atom. The zero-order chi connectivity index (χ0) is 10.7. The van der Waals surface area contributed by atoms with Crippen molar-refractivity contribution in [3.05, 3.63) is 16.5 Å². The van der Waals surface area contributed by atoms with Crippen molar-refractivity contribution in [2.45, 2.75) is 13.3 Å². The first kappa shape index (κ1) is 10.7. The molecule has 0 bridgehead atoms. The van der Waals surface area contributed by atoms with Gasteiger partial charge in [0.2, 0.25) is 0 Å². The van der Waals surface area contributed by atoms with Gasteiger partial charge in [0.15, 0.2) is 0 Å². The van der Waals surface area contributed by atoms with E-state index in [2.05, 4.69) is 15.3 Å². The van der Waals surface area contributed by atoms with Crippen LogP contribution in [0.5, 0.6) is 0 Å². The number of aryl methyl sites for hydroxylation is 1. The zero-order valence-corrected chi connectivity index (χ0v) is 8.59. The molecule has 0 atom stereocenters. The van der Waals surface area contributed by atoms with E-state index < -0.39 is 5.97 Å². The Labute approximate surface area is 86.1 Å². The predicted molar refractivity (Wildman–Crippen MR) is 52.7 cm³/mol. The summed E-state index contributed by atoms with van der Waals surface area (Å²) in [7, 11) is 1.66. The molecule has 0 fully saturated rings. The van der Waals surface area contributed by atoms with Gasteiger partial charge in [0.1, 0.15) is 16.7 Å². The van der Waals surface area contributed by atoms with Crippen LogP contribution in [0, 0.1) is 6.92 Å². The van der Waals surface area contributed by atoms with E-state index in [1.807, 2.05) is 0 Å². The Morgan fingerprint density at radius 2 is 2.21 bits per heavy atom. The maximum atomic E-state index is 10.5. The first-order valence-electron chi connectivity index (χ1n) is 3.97. The van der Waals surface area contributed by atoms with Crippen LogP contribution in [-0.4, -0.2) is 28.1 Å². The summed E-state index contributed by atoms with van der Waals surface area (Å²) in [5, 5.41) is 11.6. The van der Waals surface area contributed by atoms with Crippen LogP contribution in [0.2, 0.25) is 5.02 Å². The van der Waals surface area contributed by atoms with Crippen molar-refractivity contribution < 1.29 is 9.90 Å². The van der Waals surface area contributed by atoms with Crippen LogP contribution in [0.1, 0.15) is 11.5 Å². The number of nitrogens with one attached hydrogen (secondary N) is 1. The Balaban J connectivity index is 3.15. The van der Waals surface area contributed by atoms with Gasteiger partial charge >= 0.3 is 5.97 Å². The fourth-order valence-electron chi connectivity index (χ4n) is 1.04. The van der Waals surface area contributed by atoms with E-state index in [1.165, 1.54) is 0 Å². The van der Waals surface area contributed by atoms with Crippen molar-refractivity contribution in [3.8, 4) is 0 Å². The third-order valence-corrected chi connectivity index (χ3v) is 1.98. The molecule has 1 aromatic heterocycles. The lowest BCUT2D eigenvalue weighted by atomic mass is 10.3. The lowest BCUT2D eigenvalue weighted by Crippen LogP contribution is -2.07. The average Bonchev–Trinajstić information content (AvgIpc) is 2.09. The highest BCUT2D eigenvalue weighted by Gasteiger charge is 2.12. The molecule has 1 heterocycles. The van der Waals surface area contributed by atoms with Crippen molar-refractivity contribution in [2.24, 2.45) is 0 Å². The second kappa shape index (κ2) is 4.23. The lowest BCUT2D eigenvalue weighted by molar-refractivity contribution is -0.136. The van der Waals surface area contributed by atoms with Crippen molar-refractivity contribution in [3.63, 3.8) is 0 Å². The standard InChI is InChI=1S/C8H10ClN3O2/c1-4-11-5(3-6(13)14)7(9)8(10-2)12-4/h3H2,1-2H3,(H,13,14)(H,10,11,12). The fourth-order valence-corrected chi connectivity index (χ4v) is 1.29. The number of carboxylic acids is 1. The SMILES string of the molecule is CNc1nc(C)nc(CC(=O)O)c1Cl. The van der Waals surface area contributed by atoms with Crippen LogP contribution in [-0.2, 0) is 11.2 Å². The van der Waals surface area contributed by atoms with Gasteiger partial charge in [-0.3, -0.25) is 4.79 Å². The average molecular weight is 216 g/mol. The van der Waals surface area contributed by atoms with Gasteiger partial charge in [-0.1, -0.05) is 11.6 Å². The number of anilines is 1. The van der Waals surface area contributed by atoms with E-state index >= 15 is 0 Å². The molecular weight excluding hydrogens is 206 g/mol. The van der Waals surface area contributed by atoms with E-state index in [0.717, 1.165) is 0 Å². The molecular formula is C8H10ClN3O2. The van der Waals surface area contributed by atoms with Gasteiger partial charge in [-0.2, -0.15) is 0 Å². The second-order valence-corrected chi connectivity index (χ2v) is 3.08. The molecule has 2 N–H and O–H groups in total. The Kier molecular flexibility index (Phi) is 3.24. The Hall–Kier alpha value is -1.36. The van der Waals surface area contributed by atoms with Crippen LogP contribution < -0.4 is 5.32 Å². The second-order valence-electron chi connectivity index (χ2n) is 2.70. The van der Waals surface area contributed by atoms with E-state index in [4.69, 9.17) is 16.7 Å². The van der Waals surface area contributed by atoms with Crippen molar-refractivity contribution in [1.29, 1.82) is 0 Å². The van der Waals surface area contributed by atoms with E-state index in [-0.39, 0.29) is 11.4 Å². The van der Waals surface area contributed by atoms with Gasteiger partial charge in [-0.05, 0) is 6.92 Å². The molecule has 0 unspecified atom stereocenters. The minimum atomic E-state index is -0.966. The number of halogens is 1. The van der Waals surface area contributed by atoms with Gasteiger partial charge in [-0.15, -0.1) is 0 Å². The molecule has 76 valence electrons. The summed E-state index contributed by atoms with van der Waals surface area (Å²) in [6.07, 6.45) is -0.198. The molecule has 0 amide bonds. The summed E-state index contributed by atoms with van der Waals surface area (Å²) in [5.41, 5.74) is 0.330. The smallest absolute Gasteiger partial charge is 0.309 e. The summed E-state index contributed by atoms with van der Waals surface area (Å²) in [6, 6.07) is 0. The largest absolute Gasteiger partial charge is 0.481 e. The van der Waals surface area contributed by atoms with Crippen LogP contribution in [0.3, 0.4) is 0 Å². The molecule has 0 saturated carbocycles. The molecule has 0 saturated heterocycles. The van der Waals surface area contributed by atoms with Crippen LogP contribution in [0.15, 0.2) is 0 Å². The van der Waals surface area contributed by atoms with E-state index in [0.29, 0.717) is 17.3 Å². The first-order chi connectivity index (χ1) is 6.54. The summed E-state index contributed by atoms with van der Waals surface area (Å²) >= 11 is 5.87. The number of nitrogens with zero attached hydrogens (tertiary/aromatic N) is 2. The molecule has 0 spiro atoms. The molecule has 0 aliphatic rings. The Morgan fingerprint density at radius 1 is 1.57 bits per heavy atom. The van der Waals surface area contributed by atoms with Crippen molar-refractivity contribution >= 4 is 23.4 Å². The van der Waals surface area contributed by atoms with Crippen molar-refractivity contribution in [1.82, 2.24) is 9.97 Å². The number of rotatable bonds is 3. The normalized spacial score (nSPS) is 9.93. The summed E-state index contributed by atoms with van der Waals surface area (Å²) in [5.74, 6) is -0.0162. The Bertz CT molecular complexity index is 368. The number of carboxylic acid groups (broad SMARTS) is 1. The maximum Gasteiger partial charge on any atom is 0.309 e. The highest BCUT2D eigenvalue weighted by atomic mass is 35.5. The summed E-state index contributed by atoms with van der Waals surface area (Å²) in [6.45, 7) is 1.68. The minimum absolute atomic E-state index is 0.198. The number of aromatic nitrogens is 2. The molecule has 0 radical (unpaired) electrons. The summed E-state index contributed by atoms with van der Waals surface area (Å²) < 4.78 is 0. The number of carbonyl (C=O) groups is 1. The van der Waals surface area contributed by atoms with E-state index in [1.54, 1.807) is 14.0 Å². The lowest BCUT2D eigenvalue weighted by Gasteiger charge is -2.07.